The average Bonchev–Trinajstić information content (AvgIpc) is 3.23. The third-order valence-corrected chi connectivity index (χ3v) is 8.90. The van der Waals surface area contributed by atoms with Gasteiger partial charge in [-0.05, 0) is 81.1 Å². The standard InChI is InChI=1S/C32H36N4O4S/c1-23-10-9-11-24(2)32(23)36-25(3)20-28(26(36)4)21-33-34-31(37)22-35(19-18-27-12-7-6-8-13-27)41(38,39)30-16-14-29(40-5)15-17-30/h6-17,20-21H,18-19,22H2,1-5H3,(H,34,37)/b33-21+. The van der Waals surface area contributed by atoms with Gasteiger partial charge in [0, 0.05) is 23.5 Å². The van der Waals surface area contributed by atoms with Crippen LogP contribution in [0.25, 0.3) is 5.69 Å². The highest BCUT2D eigenvalue weighted by Crippen LogP contribution is 2.25. The second-order valence-electron chi connectivity index (χ2n) is 9.95. The van der Waals surface area contributed by atoms with E-state index in [1.165, 1.54) is 23.5 Å². The van der Waals surface area contributed by atoms with E-state index in [4.69, 9.17) is 4.74 Å². The van der Waals surface area contributed by atoms with Crippen molar-refractivity contribution in [1.29, 1.82) is 0 Å². The number of para-hydroxylation sites is 1. The number of hydrogen-bond donors (Lipinski definition) is 1. The van der Waals surface area contributed by atoms with E-state index in [0.29, 0.717) is 12.2 Å². The van der Waals surface area contributed by atoms with Crippen molar-refractivity contribution in [3.8, 4) is 11.4 Å². The summed E-state index contributed by atoms with van der Waals surface area (Å²) in [5, 5.41) is 4.17. The molecule has 0 aliphatic heterocycles. The van der Waals surface area contributed by atoms with E-state index in [1.807, 2.05) is 56.3 Å². The Balaban J connectivity index is 1.51. The first-order valence-corrected chi connectivity index (χ1v) is 14.8. The van der Waals surface area contributed by atoms with Gasteiger partial charge in [-0.3, -0.25) is 4.79 Å². The van der Waals surface area contributed by atoms with Crippen molar-refractivity contribution < 1.29 is 17.9 Å². The minimum absolute atomic E-state index is 0.0848. The number of hydrogen-bond acceptors (Lipinski definition) is 5. The Morgan fingerprint density at radius 3 is 2.24 bits per heavy atom. The van der Waals surface area contributed by atoms with E-state index in [0.717, 1.165) is 39.3 Å². The highest BCUT2D eigenvalue weighted by Gasteiger charge is 2.26. The second-order valence-corrected chi connectivity index (χ2v) is 11.9. The Labute approximate surface area is 242 Å². The molecule has 0 saturated carbocycles. The number of carbonyl (C=O) groups is 1. The summed E-state index contributed by atoms with van der Waals surface area (Å²) in [6.07, 6.45) is 2.05. The fourth-order valence-corrected chi connectivity index (χ4v) is 6.27. The zero-order chi connectivity index (χ0) is 29.6. The number of aromatic nitrogens is 1. The lowest BCUT2D eigenvalue weighted by Gasteiger charge is -2.21. The lowest BCUT2D eigenvalue weighted by Crippen LogP contribution is -2.40. The Morgan fingerprint density at radius 2 is 1.61 bits per heavy atom. The fourth-order valence-electron chi connectivity index (χ4n) is 4.87. The van der Waals surface area contributed by atoms with Crippen molar-refractivity contribution in [2.75, 3.05) is 20.2 Å². The normalized spacial score (nSPS) is 11.8. The monoisotopic (exact) mass is 572 g/mol. The van der Waals surface area contributed by atoms with Crippen LogP contribution in [0.5, 0.6) is 5.75 Å². The zero-order valence-corrected chi connectivity index (χ0v) is 24.9. The molecule has 0 aliphatic rings. The molecular formula is C32H36N4O4S. The molecule has 3 aromatic carbocycles. The molecule has 4 aromatic rings. The summed E-state index contributed by atoms with van der Waals surface area (Å²) in [5.74, 6) is 0.0127. The highest BCUT2D eigenvalue weighted by molar-refractivity contribution is 7.89. The number of amides is 1. The van der Waals surface area contributed by atoms with E-state index in [1.54, 1.807) is 18.3 Å². The Morgan fingerprint density at radius 1 is 0.951 bits per heavy atom. The Hall–Kier alpha value is -4.21. The van der Waals surface area contributed by atoms with Crippen LogP contribution in [-0.4, -0.2) is 49.6 Å². The van der Waals surface area contributed by atoms with Gasteiger partial charge in [-0.25, -0.2) is 13.8 Å². The molecule has 0 fully saturated rings. The van der Waals surface area contributed by atoms with Gasteiger partial charge in [0.15, 0.2) is 0 Å². The molecule has 0 bridgehead atoms. The number of benzene rings is 3. The number of carbonyl (C=O) groups excluding carboxylic acids is 1. The number of aryl methyl sites for hydroxylation is 3. The molecule has 0 radical (unpaired) electrons. The molecule has 4 rings (SSSR count). The lowest BCUT2D eigenvalue weighted by atomic mass is 10.1. The van der Waals surface area contributed by atoms with Crippen LogP contribution in [0.2, 0.25) is 0 Å². The summed E-state index contributed by atoms with van der Waals surface area (Å²) < 4.78 is 35.6. The van der Waals surface area contributed by atoms with Crippen LogP contribution < -0.4 is 10.2 Å². The number of hydrazone groups is 1. The topological polar surface area (TPSA) is 93.0 Å². The van der Waals surface area contributed by atoms with Gasteiger partial charge in [0.25, 0.3) is 5.91 Å². The zero-order valence-electron chi connectivity index (χ0n) is 24.1. The van der Waals surface area contributed by atoms with Crippen molar-refractivity contribution in [1.82, 2.24) is 14.3 Å². The maximum atomic E-state index is 13.5. The van der Waals surface area contributed by atoms with E-state index in [2.05, 4.69) is 41.1 Å². The molecule has 1 amide bonds. The van der Waals surface area contributed by atoms with Crippen LogP contribution in [0.4, 0.5) is 0 Å². The van der Waals surface area contributed by atoms with Crippen molar-refractivity contribution in [3.05, 3.63) is 113 Å². The summed E-state index contributed by atoms with van der Waals surface area (Å²) in [5.41, 5.74) is 9.84. The quantitative estimate of drug-likeness (QED) is 0.200. The van der Waals surface area contributed by atoms with Gasteiger partial charge >= 0.3 is 0 Å². The minimum atomic E-state index is -3.95. The summed E-state index contributed by atoms with van der Waals surface area (Å²) >= 11 is 0. The van der Waals surface area contributed by atoms with Gasteiger partial charge in [-0.15, -0.1) is 0 Å². The van der Waals surface area contributed by atoms with E-state index in [-0.39, 0.29) is 18.0 Å². The molecule has 214 valence electrons. The molecule has 1 heterocycles. The second kappa shape index (κ2) is 13.0. The van der Waals surface area contributed by atoms with Crippen LogP contribution >= 0.6 is 0 Å². The molecule has 0 unspecified atom stereocenters. The molecular weight excluding hydrogens is 536 g/mol. The Kier molecular flexibility index (Phi) is 9.42. The van der Waals surface area contributed by atoms with E-state index >= 15 is 0 Å². The molecule has 9 heteroatoms. The summed E-state index contributed by atoms with van der Waals surface area (Å²) in [4.78, 5) is 13.0. The van der Waals surface area contributed by atoms with Gasteiger partial charge in [0.05, 0.1) is 30.5 Å². The minimum Gasteiger partial charge on any atom is -0.497 e. The third kappa shape index (κ3) is 6.93. The van der Waals surface area contributed by atoms with Gasteiger partial charge in [-0.2, -0.15) is 9.41 Å². The van der Waals surface area contributed by atoms with Crippen LogP contribution in [-0.2, 0) is 21.2 Å². The van der Waals surface area contributed by atoms with Crippen LogP contribution in [0.3, 0.4) is 0 Å². The number of ether oxygens (including phenoxy) is 1. The third-order valence-electron chi connectivity index (χ3n) is 7.04. The van der Waals surface area contributed by atoms with Crippen molar-refractivity contribution in [2.24, 2.45) is 5.10 Å². The number of methoxy groups -OCH3 is 1. The maximum Gasteiger partial charge on any atom is 0.255 e. The smallest absolute Gasteiger partial charge is 0.255 e. The van der Waals surface area contributed by atoms with Crippen LogP contribution in [0, 0.1) is 27.7 Å². The number of rotatable bonds is 11. The van der Waals surface area contributed by atoms with Crippen molar-refractivity contribution >= 4 is 22.1 Å². The number of nitrogens with zero attached hydrogens (tertiary/aromatic N) is 3. The van der Waals surface area contributed by atoms with Crippen molar-refractivity contribution in [3.63, 3.8) is 0 Å². The van der Waals surface area contributed by atoms with Crippen LogP contribution in [0.15, 0.2) is 88.9 Å². The fraction of sp³-hybridized carbons (Fsp3) is 0.250. The van der Waals surface area contributed by atoms with E-state index in [9.17, 15) is 13.2 Å². The van der Waals surface area contributed by atoms with Crippen LogP contribution in [0.1, 0.15) is 33.6 Å². The lowest BCUT2D eigenvalue weighted by molar-refractivity contribution is -0.121. The van der Waals surface area contributed by atoms with Gasteiger partial charge in [-0.1, -0.05) is 48.5 Å². The molecule has 8 nitrogen and oxygen atoms in total. The number of nitrogens with one attached hydrogen (secondary N) is 1. The van der Waals surface area contributed by atoms with Gasteiger partial charge in [0.2, 0.25) is 10.0 Å². The van der Waals surface area contributed by atoms with E-state index < -0.39 is 15.9 Å². The first-order chi connectivity index (χ1) is 19.6. The maximum absolute atomic E-state index is 13.5. The molecule has 1 N–H and O–H groups in total. The van der Waals surface area contributed by atoms with Crippen molar-refractivity contribution in [2.45, 2.75) is 39.0 Å². The predicted molar refractivity (Wildman–Crippen MR) is 162 cm³/mol. The molecule has 41 heavy (non-hydrogen) atoms. The largest absolute Gasteiger partial charge is 0.497 e. The summed E-state index contributed by atoms with van der Waals surface area (Å²) in [6, 6.07) is 23.9. The molecule has 1 aromatic heterocycles. The first-order valence-electron chi connectivity index (χ1n) is 13.4. The molecule has 0 saturated heterocycles. The predicted octanol–water partition coefficient (Wildman–Crippen LogP) is 5.10. The summed E-state index contributed by atoms with van der Waals surface area (Å²) in [7, 11) is -2.44. The molecule has 0 spiro atoms. The average molecular weight is 573 g/mol. The number of sulfonamides is 1. The molecule has 0 atom stereocenters. The highest BCUT2D eigenvalue weighted by atomic mass is 32.2. The summed E-state index contributed by atoms with van der Waals surface area (Å²) in [6.45, 7) is 7.96. The van der Waals surface area contributed by atoms with Gasteiger partial charge < -0.3 is 9.30 Å². The SMILES string of the molecule is COc1ccc(S(=O)(=O)N(CCc2ccccc2)CC(=O)N/N=C/c2cc(C)n(-c3c(C)cccc3C)c2C)cc1. The first kappa shape index (κ1) is 29.8. The Bertz CT molecular complexity index is 1620. The molecule has 0 aliphatic carbocycles. The van der Waals surface area contributed by atoms with Gasteiger partial charge in [0.1, 0.15) is 5.75 Å².